The minimum absolute atomic E-state index is 0.0123. The fourth-order valence-electron chi connectivity index (χ4n) is 3.62. The van der Waals surface area contributed by atoms with Gasteiger partial charge in [-0.15, -0.1) is 0 Å². The van der Waals surface area contributed by atoms with Gasteiger partial charge in [-0.05, 0) is 17.5 Å². The van der Waals surface area contributed by atoms with Crippen LogP contribution in [-0.4, -0.2) is 52.0 Å². The van der Waals surface area contributed by atoms with Crippen LogP contribution < -0.4 is 16.6 Å². The highest BCUT2D eigenvalue weighted by Gasteiger charge is 2.34. The summed E-state index contributed by atoms with van der Waals surface area (Å²) in [5, 5.41) is 4.75. The first-order valence-electron chi connectivity index (χ1n) is 9.55. The third-order valence-electron chi connectivity index (χ3n) is 5.36. The molecule has 9 nitrogen and oxygen atoms in total. The van der Waals surface area contributed by atoms with Gasteiger partial charge in [0.2, 0.25) is 5.95 Å². The average molecular weight is 394 g/mol. The number of fused-ring (bicyclic) bond motifs is 1. The molecule has 2 aliphatic rings. The zero-order valence-corrected chi connectivity index (χ0v) is 16.1. The molecule has 0 atom stereocenters. The standard InChI is InChI=1S/C20H22N6O3/c1-20(10-29-11-20)9-26-3-2-12-4-15(13-5-22-19(21)23-6-13)25-17(16(12)18(26)27)24-14-7-28-8-14/h2-6,14H,7-11H2,1H3,(H,24,25)(H2,21,22,23). The lowest BCUT2D eigenvalue weighted by atomic mass is 9.88. The molecule has 0 amide bonds. The van der Waals surface area contributed by atoms with Gasteiger partial charge < -0.3 is 25.1 Å². The second kappa shape index (κ2) is 6.78. The highest BCUT2D eigenvalue weighted by atomic mass is 16.5. The molecule has 0 saturated carbocycles. The van der Waals surface area contributed by atoms with E-state index in [1.165, 1.54) is 0 Å². The third-order valence-corrected chi connectivity index (χ3v) is 5.36. The number of aromatic nitrogens is 4. The minimum Gasteiger partial charge on any atom is -0.380 e. The van der Waals surface area contributed by atoms with Crippen molar-refractivity contribution < 1.29 is 9.47 Å². The fraction of sp³-hybridized carbons (Fsp3) is 0.400. The summed E-state index contributed by atoms with van der Waals surface area (Å²) >= 11 is 0. The zero-order valence-electron chi connectivity index (χ0n) is 16.1. The van der Waals surface area contributed by atoms with Crippen molar-refractivity contribution in [3.8, 4) is 11.3 Å². The van der Waals surface area contributed by atoms with E-state index in [-0.39, 0.29) is 23.0 Å². The molecule has 9 heteroatoms. The molecule has 2 aliphatic heterocycles. The molecule has 3 N–H and O–H groups in total. The number of ether oxygens (including phenoxy) is 2. The predicted molar refractivity (Wildman–Crippen MR) is 109 cm³/mol. The summed E-state index contributed by atoms with van der Waals surface area (Å²) < 4.78 is 12.4. The van der Waals surface area contributed by atoms with Crippen molar-refractivity contribution in [2.75, 3.05) is 37.5 Å². The maximum Gasteiger partial charge on any atom is 0.262 e. The maximum absolute atomic E-state index is 13.3. The Labute approximate surface area is 166 Å². The Morgan fingerprint density at radius 3 is 2.66 bits per heavy atom. The molecule has 0 radical (unpaired) electrons. The highest BCUT2D eigenvalue weighted by molar-refractivity contribution is 5.94. The summed E-state index contributed by atoms with van der Waals surface area (Å²) in [6.07, 6.45) is 5.10. The highest BCUT2D eigenvalue weighted by Crippen LogP contribution is 2.30. The number of hydrogen-bond acceptors (Lipinski definition) is 8. The summed E-state index contributed by atoms with van der Waals surface area (Å²) in [6.45, 7) is 5.25. The minimum atomic E-state index is -0.0639. The second-order valence-corrected chi connectivity index (χ2v) is 8.08. The molecule has 0 spiro atoms. The van der Waals surface area contributed by atoms with E-state index in [2.05, 4.69) is 22.2 Å². The van der Waals surface area contributed by atoms with Gasteiger partial charge in [0.05, 0.1) is 43.5 Å². The van der Waals surface area contributed by atoms with E-state index in [9.17, 15) is 4.79 Å². The molecule has 29 heavy (non-hydrogen) atoms. The van der Waals surface area contributed by atoms with E-state index in [1.54, 1.807) is 17.0 Å². The zero-order chi connectivity index (χ0) is 20.0. The van der Waals surface area contributed by atoms with E-state index >= 15 is 0 Å². The van der Waals surface area contributed by atoms with Crippen LogP contribution in [0.25, 0.3) is 22.0 Å². The number of hydrogen-bond donors (Lipinski definition) is 2. The quantitative estimate of drug-likeness (QED) is 0.665. The third kappa shape index (κ3) is 3.32. The average Bonchev–Trinajstić information content (AvgIpc) is 2.66. The number of nitrogens with zero attached hydrogens (tertiary/aromatic N) is 4. The number of nitrogens with two attached hydrogens (primary N) is 1. The van der Waals surface area contributed by atoms with Gasteiger partial charge in [0, 0.05) is 36.1 Å². The van der Waals surface area contributed by atoms with Crippen LogP contribution in [0.2, 0.25) is 0 Å². The summed E-state index contributed by atoms with van der Waals surface area (Å²) in [5.41, 5.74) is 6.93. The van der Waals surface area contributed by atoms with E-state index in [0.29, 0.717) is 49.9 Å². The maximum atomic E-state index is 13.3. The van der Waals surface area contributed by atoms with Crippen molar-refractivity contribution in [2.24, 2.45) is 5.41 Å². The van der Waals surface area contributed by atoms with Gasteiger partial charge in [-0.2, -0.15) is 0 Å². The lowest BCUT2D eigenvalue weighted by molar-refractivity contribution is -0.110. The first-order valence-corrected chi connectivity index (χ1v) is 9.55. The Balaban J connectivity index is 1.62. The number of nitrogens with one attached hydrogen (secondary N) is 1. The molecule has 0 unspecified atom stereocenters. The van der Waals surface area contributed by atoms with Gasteiger partial charge in [-0.3, -0.25) is 4.79 Å². The second-order valence-electron chi connectivity index (χ2n) is 8.08. The Hall–Kier alpha value is -3.04. The number of pyridine rings is 2. The lowest BCUT2D eigenvalue weighted by Crippen LogP contribution is -2.45. The van der Waals surface area contributed by atoms with E-state index < -0.39 is 0 Å². The monoisotopic (exact) mass is 394 g/mol. The van der Waals surface area contributed by atoms with Crippen molar-refractivity contribution in [3.05, 3.63) is 41.1 Å². The summed E-state index contributed by atoms with van der Waals surface area (Å²) in [6, 6.07) is 3.96. The number of anilines is 2. The van der Waals surface area contributed by atoms with E-state index in [1.807, 2.05) is 18.3 Å². The largest absolute Gasteiger partial charge is 0.380 e. The van der Waals surface area contributed by atoms with Crippen LogP contribution in [0.4, 0.5) is 11.8 Å². The van der Waals surface area contributed by atoms with Gasteiger partial charge in [0.15, 0.2) is 0 Å². The van der Waals surface area contributed by atoms with Gasteiger partial charge >= 0.3 is 0 Å². The molecule has 3 aromatic heterocycles. The Morgan fingerprint density at radius 2 is 2.03 bits per heavy atom. The van der Waals surface area contributed by atoms with Crippen molar-refractivity contribution in [1.82, 2.24) is 19.5 Å². The Morgan fingerprint density at radius 1 is 1.28 bits per heavy atom. The van der Waals surface area contributed by atoms with Crippen LogP contribution in [0.15, 0.2) is 35.5 Å². The summed E-state index contributed by atoms with van der Waals surface area (Å²) in [4.78, 5) is 26.1. The van der Waals surface area contributed by atoms with Gasteiger partial charge in [0.1, 0.15) is 5.82 Å². The molecule has 2 saturated heterocycles. The molecule has 3 aromatic rings. The van der Waals surface area contributed by atoms with Gasteiger partial charge in [0.25, 0.3) is 5.56 Å². The molecule has 2 fully saturated rings. The normalized spacial score (nSPS) is 18.2. The molecule has 5 heterocycles. The first-order chi connectivity index (χ1) is 14.0. The Bertz CT molecular complexity index is 1120. The molecule has 0 aliphatic carbocycles. The lowest BCUT2D eigenvalue weighted by Gasteiger charge is -2.38. The fourth-order valence-corrected chi connectivity index (χ4v) is 3.62. The van der Waals surface area contributed by atoms with Crippen molar-refractivity contribution in [3.63, 3.8) is 0 Å². The molecule has 5 rings (SSSR count). The van der Waals surface area contributed by atoms with E-state index in [0.717, 1.165) is 10.9 Å². The Kier molecular flexibility index (Phi) is 4.21. The SMILES string of the molecule is CC1(Cn2ccc3cc(-c4cnc(N)nc4)nc(NC4COC4)c3c2=O)COC1. The summed E-state index contributed by atoms with van der Waals surface area (Å²) in [5.74, 6) is 0.757. The van der Waals surface area contributed by atoms with Crippen LogP contribution in [0.3, 0.4) is 0 Å². The van der Waals surface area contributed by atoms with Crippen molar-refractivity contribution >= 4 is 22.5 Å². The first kappa shape index (κ1) is 18.0. The summed E-state index contributed by atoms with van der Waals surface area (Å²) in [7, 11) is 0. The molecule has 0 aromatic carbocycles. The molecule has 150 valence electrons. The van der Waals surface area contributed by atoms with Crippen LogP contribution >= 0.6 is 0 Å². The number of nitrogen functional groups attached to an aromatic ring is 1. The van der Waals surface area contributed by atoms with Crippen LogP contribution in [-0.2, 0) is 16.0 Å². The van der Waals surface area contributed by atoms with Crippen LogP contribution in [0.1, 0.15) is 6.92 Å². The smallest absolute Gasteiger partial charge is 0.262 e. The molecular formula is C20H22N6O3. The van der Waals surface area contributed by atoms with Gasteiger partial charge in [-0.1, -0.05) is 6.92 Å². The van der Waals surface area contributed by atoms with Crippen LogP contribution in [0, 0.1) is 5.41 Å². The molecular weight excluding hydrogens is 372 g/mol. The topological polar surface area (TPSA) is 117 Å². The molecule has 0 bridgehead atoms. The van der Waals surface area contributed by atoms with E-state index in [4.69, 9.17) is 20.2 Å². The number of rotatable bonds is 5. The van der Waals surface area contributed by atoms with Crippen LogP contribution in [0.5, 0.6) is 0 Å². The van der Waals surface area contributed by atoms with Gasteiger partial charge in [-0.25, -0.2) is 15.0 Å². The van der Waals surface area contributed by atoms with Crippen molar-refractivity contribution in [2.45, 2.75) is 19.5 Å². The van der Waals surface area contributed by atoms with Crippen molar-refractivity contribution in [1.29, 1.82) is 0 Å². The predicted octanol–water partition coefficient (Wildman–Crippen LogP) is 1.28.